The number of hydrogen-bond acceptors (Lipinski definition) is 5. The van der Waals surface area contributed by atoms with E-state index in [2.05, 4.69) is 15.3 Å². The van der Waals surface area contributed by atoms with E-state index in [1.807, 2.05) is 24.3 Å². The number of carbonyl (C=O) groups is 1. The summed E-state index contributed by atoms with van der Waals surface area (Å²) in [6.07, 6.45) is 7.92. The van der Waals surface area contributed by atoms with E-state index >= 15 is 0 Å². The van der Waals surface area contributed by atoms with Gasteiger partial charge in [0.2, 0.25) is 17.7 Å². The molecule has 1 aliphatic rings. The molecule has 2 aromatic rings. The molecule has 0 atom stereocenters. The predicted molar refractivity (Wildman–Crippen MR) is 103 cm³/mol. The van der Waals surface area contributed by atoms with Gasteiger partial charge in [0, 0.05) is 17.5 Å². The molecular weight excluding hydrogens is 366 g/mol. The summed E-state index contributed by atoms with van der Waals surface area (Å²) in [5.74, 6) is 0.995. The van der Waals surface area contributed by atoms with Gasteiger partial charge in [-0.3, -0.25) is 9.78 Å². The topological polar surface area (TPSA) is 73.3 Å². The summed E-state index contributed by atoms with van der Waals surface area (Å²) >= 11 is 5.98. The van der Waals surface area contributed by atoms with E-state index in [9.17, 15) is 4.79 Å². The Labute approximate surface area is 164 Å². The zero-order valence-corrected chi connectivity index (χ0v) is 16.1. The van der Waals surface area contributed by atoms with Crippen molar-refractivity contribution in [1.29, 1.82) is 0 Å². The number of aryl methyl sites for hydroxylation is 1. The van der Waals surface area contributed by atoms with Crippen molar-refractivity contribution in [3.05, 3.63) is 47.2 Å². The molecule has 1 fully saturated rings. The van der Waals surface area contributed by atoms with Crippen molar-refractivity contribution in [2.75, 3.05) is 7.11 Å². The number of aromatic nitrogens is 2. The van der Waals surface area contributed by atoms with Crippen LogP contribution in [0.1, 0.15) is 37.7 Å². The molecule has 144 valence electrons. The summed E-state index contributed by atoms with van der Waals surface area (Å²) in [5, 5.41) is 3.83. The molecule has 0 radical (unpaired) electrons. The van der Waals surface area contributed by atoms with Gasteiger partial charge in [-0.15, -0.1) is 0 Å². The van der Waals surface area contributed by atoms with Gasteiger partial charge in [-0.05, 0) is 49.8 Å². The normalized spacial score (nSPS) is 19.3. The monoisotopic (exact) mass is 389 g/mol. The molecule has 0 aliphatic heterocycles. The second-order valence-electron chi connectivity index (χ2n) is 6.69. The number of benzene rings is 1. The highest BCUT2D eigenvalue weighted by atomic mass is 35.5. The van der Waals surface area contributed by atoms with Gasteiger partial charge in [-0.2, -0.15) is 4.98 Å². The number of nitrogens with one attached hydrogen (secondary N) is 1. The Morgan fingerprint density at radius 3 is 2.74 bits per heavy atom. The Bertz CT molecular complexity index is 764. The van der Waals surface area contributed by atoms with Crippen molar-refractivity contribution in [3.63, 3.8) is 0 Å². The molecule has 0 bridgehead atoms. The molecule has 1 aliphatic carbocycles. The first kappa shape index (κ1) is 19.4. The third-order valence-corrected chi connectivity index (χ3v) is 4.89. The van der Waals surface area contributed by atoms with Gasteiger partial charge in [0.1, 0.15) is 6.10 Å². The van der Waals surface area contributed by atoms with Crippen LogP contribution in [0.5, 0.6) is 11.8 Å². The Morgan fingerprint density at radius 2 is 2.00 bits per heavy atom. The van der Waals surface area contributed by atoms with E-state index < -0.39 is 0 Å². The van der Waals surface area contributed by atoms with Crippen LogP contribution in [-0.2, 0) is 11.2 Å². The highest BCUT2D eigenvalue weighted by Crippen LogP contribution is 2.23. The molecule has 7 heteroatoms. The Balaban J connectivity index is 1.39. The van der Waals surface area contributed by atoms with Crippen LogP contribution in [0.3, 0.4) is 0 Å². The molecule has 1 heterocycles. The summed E-state index contributed by atoms with van der Waals surface area (Å²) in [5.41, 5.74) is 1.08. The first-order valence-corrected chi connectivity index (χ1v) is 9.56. The largest absolute Gasteiger partial charge is 0.480 e. The number of amides is 1. The minimum absolute atomic E-state index is 0.0815. The molecule has 0 saturated heterocycles. The maximum atomic E-state index is 12.2. The van der Waals surface area contributed by atoms with Crippen LogP contribution >= 0.6 is 11.6 Å². The van der Waals surface area contributed by atoms with E-state index in [4.69, 9.17) is 21.1 Å². The quantitative estimate of drug-likeness (QED) is 0.783. The summed E-state index contributed by atoms with van der Waals surface area (Å²) in [6, 6.07) is 7.84. The average Bonchev–Trinajstić information content (AvgIpc) is 2.68. The fraction of sp³-hybridized carbons (Fsp3) is 0.450. The van der Waals surface area contributed by atoms with Gasteiger partial charge < -0.3 is 14.8 Å². The standard InChI is InChI=1S/C20H24ClN3O3/c1-26-19-12-22-13-20(24-19)27-17-8-6-16(7-9-17)23-18(25)10-5-14-3-2-4-15(21)11-14/h2-4,11-13,16-17H,5-10H2,1H3,(H,23,25). The molecule has 1 aromatic carbocycles. The molecule has 0 spiro atoms. The van der Waals surface area contributed by atoms with Gasteiger partial charge in [-0.1, -0.05) is 23.7 Å². The van der Waals surface area contributed by atoms with Crippen LogP contribution < -0.4 is 14.8 Å². The molecule has 1 aromatic heterocycles. The van der Waals surface area contributed by atoms with Crippen molar-refractivity contribution in [1.82, 2.24) is 15.3 Å². The molecule has 27 heavy (non-hydrogen) atoms. The lowest BCUT2D eigenvalue weighted by Crippen LogP contribution is -2.39. The van der Waals surface area contributed by atoms with Crippen LogP contribution in [0.4, 0.5) is 0 Å². The summed E-state index contributed by atoms with van der Waals surface area (Å²) in [6.45, 7) is 0. The van der Waals surface area contributed by atoms with Crippen molar-refractivity contribution < 1.29 is 14.3 Å². The lowest BCUT2D eigenvalue weighted by molar-refractivity contribution is -0.122. The van der Waals surface area contributed by atoms with Crippen molar-refractivity contribution in [2.24, 2.45) is 0 Å². The fourth-order valence-corrected chi connectivity index (χ4v) is 3.45. The third kappa shape index (κ3) is 6.10. The zero-order chi connectivity index (χ0) is 19.1. The zero-order valence-electron chi connectivity index (χ0n) is 15.4. The van der Waals surface area contributed by atoms with Crippen LogP contribution in [0.25, 0.3) is 0 Å². The molecule has 1 saturated carbocycles. The molecular formula is C20H24ClN3O3. The van der Waals surface area contributed by atoms with Crippen molar-refractivity contribution >= 4 is 17.5 Å². The fourth-order valence-electron chi connectivity index (χ4n) is 3.23. The van der Waals surface area contributed by atoms with Crippen molar-refractivity contribution in [2.45, 2.75) is 50.7 Å². The minimum Gasteiger partial charge on any atom is -0.480 e. The van der Waals surface area contributed by atoms with Gasteiger partial charge in [0.05, 0.1) is 19.5 Å². The van der Waals surface area contributed by atoms with E-state index in [0.29, 0.717) is 29.6 Å². The van der Waals surface area contributed by atoms with Crippen molar-refractivity contribution in [3.8, 4) is 11.8 Å². The summed E-state index contributed by atoms with van der Waals surface area (Å²) < 4.78 is 10.9. The van der Waals surface area contributed by atoms with E-state index in [0.717, 1.165) is 31.2 Å². The van der Waals surface area contributed by atoms with Crippen LogP contribution in [0.15, 0.2) is 36.7 Å². The molecule has 1 N–H and O–H groups in total. The first-order chi connectivity index (χ1) is 13.1. The Morgan fingerprint density at radius 1 is 1.22 bits per heavy atom. The summed E-state index contributed by atoms with van der Waals surface area (Å²) in [4.78, 5) is 20.5. The summed E-state index contributed by atoms with van der Waals surface area (Å²) in [7, 11) is 1.55. The van der Waals surface area contributed by atoms with E-state index in [-0.39, 0.29) is 18.1 Å². The molecule has 3 rings (SSSR count). The highest BCUT2D eigenvalue weighted by molar-refractivity contribution is 6.30. The minimum atomic E-state index is 0.0815. The van der Waals surface area contributed by atoms with Crippen LogP contribution in [0.2, 0.25) is 5.02 Å². The van der Waals surface area contributed by atoms with Gasteiger partial charge in [-0.25, -0.2) is 0 Å². The number of nitrogens with zero attached hydrogens (tertiary/aromatic N) is 2. The van der Waals surface area contributed by atoms with Gasteiger partial charge >= 0.3 is 0 Å². The molecule has 1 amide bonds. The van der Waals surface area contributed by atoms with Gasteiger partial charge in [0.15, 0.2) is 0 Å². The number of halogens is 1. The first-order valence-electron chi connectivity index (χ1n) is 9.19. The number of rotatable bonds is 7. The lowest BCUT2D eigenvalue weighted by atomic mass is 9.92. The Hall–Kier alpha value is -2.34. The van der Waals surface area contributed by atoms with E-state index in [1.54, 1.807) is 19.5 Å². The second-order valence-corrected chi connectivity index (χ2v) is 7.13. The highest BCUT2D eigenvalue weighted by Gasteiger charge is 2.24. The Kier molecular flexibility index (Phi) is 6.87. The smallest absolute Gasteiger partial charge is 0.235 e. The molecule has 6 nitrogen and oxygen atoms in total. The maximum absolute atomic E-state index is 12.2. The predicted octanol–water partition coefficient (Wildman–Crippen LogP) is 3.58. The van der Waals surface area contributed by atoms with Crippen LogP contribution in [-0.4, -0.2) is 35.1 Å². The number of ether oxygens (including phenoxy) is 2. The number of carbonyl (C=O) groups excluding carboxylic acids is 1. The molecule has 0 unspecified atom stereocenters. The van der Waals surface area contributed by atoms with Gasteiger partial charge in [0.25, 0.3) is 0 Å². The lowest BCUT2D eigenvalue weighted by Gasteiger charge is -2.29. The number of hydrogen-bond donors (Lipinski definition) is 1. The second kappa shape index (κ2) is 9.55. The third-order valence-electron chi connectivity index (χ3n) is 4.66. The average molecular weight is 390 g/mol. The maximum Gasteiger partial charge on any atom is 0.235 e. The SMILES string of the molecule is COc1cncc(OC2CCC(NC(=O)CCc3cccc(Cl)c3)CC2)n1. The van der Waals surface area contributed by atoms with Crippen LogP contribution in [0, 0.1) is 0 Å². The number of methoxy groups -OCH3 is 1. The van der Waals surface area contributed by atoms with E-state index in [1.165, 1.54) is 0 Å².